The van der Waals surface area contributed by atoms with Crippen molar-refractivity contribution in [2.75, 3.05) is 63.8 Å². The summed E-state index contributed by atoms with van der Waals surface area (Å²) in [7, 11) is 0. The maximum Gasteiger partial charge on any atom is 0.328 e. The second kappa shape index (κ2) is 10.2. The monoisotopic (exact) mass is 461 g/mol. The number of rotatable bonds is 5. The van der Waals surface area contributed by atoms with Crippen molar-refractivity contribution in [1.82, 2.24) is 20.0 Å². The summed E-state index contributed by atoms with van der Waals surface area (Å²) in [5, 5.41) is 2.68. The quantitative estimate of drug-likeness (QED) is 0.728. The Balaban J connectivity index is 1.33. The topological polar surface area (TPSA) is 76.2 Å². The first kappa shape index (κ1) is 23.0. The molecular weight excluding hydrogens is 430 g/mol. The second-order valence-electron chi connectivity index (χ2n) is 8.89. The zero-order chi connectivity index (χ0) is 22.7. The van der Waals surface area contributed by atoms with Crippen LogP contribution in [0.1, 0.15) is 36.5 Å². The van der Waals surface area contributed by atoms with Crippen molar-refractivity contribution in [1.29, 1.82) is 0 Å². The van der Waals surface area contributed by atoms with Crippen LogP contribution in [-0.2, 0) is 4.79 Å². The van der Waals surface area contributed by atoms with Gasteiger partial charge in [-0.05, 0) is 43.5 Å². The number of carbonyl (C=O) groups is 3. The standard InChI is InChI=1S/C23H32ClN5O3/c1-2-26-11-13-27(14-12-26)16-17-5-8-28(9-6-17)22(31)18-3-4-19(24)20(15-18)29-10-7-21(30)25-23(29)32/h3-4,15,17H,2,5-14,16H2,1H3,(H,25,30,32). The van der Waals surface area contributed by atoms with Crippen LogP contribution in [0.3, 0.4) is 0 Å². The third-order valence-corrected chi connectivity index (χ3v) is 7.19. The van der Waals surface area contributed by atoms with E-state index in [4.69, 9.17) is 11.6 Å². The molecule has 1 aromatic carbocycles. The molecule has 4 amide bonds. The number of nitrogens with zero attached hydrogens (tertiary/aromatic N) is 4. The van der Waals surface area contributed by atoms with Crippen molar-refractivity contribution < 1.29 is 14.4 Å². The third-order valence-electron chi connectivity index (χ3n) is 6.87. The molecule has 0 bridgehead atoms. The van der Waals surface area contributed by atoms with E-state index in [1.807, 2.05) is 4.90 Å². The molecule has 0 aliphatic carbocycles. The van der Waals surface area contributed by atoms with Gasteiger partial charge in [-0.15, -0.1) is 0 Å². The first-order valence-corrected chi connectivity index (χ1v) is 12.0. The lowest BCUT2D eigenvalue weighted by molar-refractivity contribution is -0.120. The molecule has 0 aromatic heterocycles. The summed E-state index contributed by atoms with van der Waals surface area (Å²) in [6.45, 7) is 10.8. The number of imide groups is 1. The molecule has 0 radical (unpaired) electrons. The van der Waals surface area contributed by atoms with Gasteiger partial charge < -0.3 is 14.7 Å². The van der Waals surface area contributed by atoms with Crippen molar-refractivity contribution >= 4 is 35.1 Å². The van der Waals surface area contributed by atoms with Crippen LogP contribution in [0, 0.1) is 5.92 Å². The van der Waals surface area contributed by atoms with Crippen LogP contribution >= 0.6 is 11.6 Å². The number of halogens is 1. The molecule has 0 spiro atoms. The van der Waals surface area contributed by atoms with E-state index in [2.05, 4.69) is 22.0 Å². The summed E-state index contributed by atoms with van der Waals surface area (Å²) in [5.74, 6) is 0.290. The molecule has 3 aliphatic heterocycles. The smallest absolute Gasteiger partial charge is 0.328 e. The van der Waals surface area contributed by atoms with Gasteiger partial charge in [0.05, 0.1) is 10.7 Å². The summed E-state index contributed by atoms with van der Waals surface area (Å²) >= 11 is 6.31. The van der Waals surface area contributed by atoms with E-state index in [1.165, 1.54) is 4.90 Å². The predicted molar refractivity (Wildman–Crippen MR) is 124 cm³/mol. The van der Waals surface area contributed by atoms with E-state index in [0.29, 0.717) is 22.2 Å². The van der Waals surface area contributed by atoms with Crippen LogP contribution in [0.25, 0.3) is 0 Å². The number of benzene rings is 1. The van der Waals surface area contributed by atoms with Crippen molar-refractivity contribution in [2.24, 2.45) is 5.92 Å². The summed E-state index contributed by atoms with van der Waals surface area (Å²) in [6.07, 6.45) is 2.23. The number of piperidine rings is 1. The van der Waals surface area contributed by atoms with Gasteiger partial charge in [-0.1, -0.05) is 18.5 Å². The van der Waals surface area contributed by atoms with Gasteiger partial charge in [0.25, 0.3) is 5.91 Å². The lowest BCUT2D eigenvalue weighted by Crippen LogP contribution is -2.49. The molecule has 8 nitrogen and oxygen atoms in total. The van der Waals surface area contributed by atoms with Gasteiger partial charge in [0.1, 0.15) is 0 Å². The highest BCUT2D eigenvalue weighted by Crippen LogP contribution is 2.29. The lowest BCUT2D eigenvalue weighted by Gasteiger charge is -2.38. The van der Waals surface area contributed by atoms with Gasteiger partial charge in [0.15, 0.2) is 0 Å². The van der Waals surface area contributed by atoms with E-state index >= 15 is 0 Å². The molecule has 0 saturated carbocycles. The van der Waals surface area contributed by atoms with Crippen molar-refractivity contribution in [3.63, 3.8) is 0 Å². The Hall–Kier alpha value is -2.16. The number of anilines is 1. The first-order chi connectivity index (χ1) is 15.4. The lowest BCUT2D eigenvalue weighted by atomic mass is 9.95. The minimum atomic E-state index is -0.506. The number of urea groups is 1. The van der Waals surface area contributed by atoms with Crippen molar-refractivity contribution in [2.45, 2.75) is 26.2 Å². The first-order valence-electron chi connectivity index (χ1n) is 11.6. The highest BCUT2D eigenvalue weighted by atomic mass is 35.5. The number of likely N-dealkylation sites (N-methyl/N-ethyl adjacent to an activating group) is 1. The Morgan fingerprint density at radius 3 is 2.38 bits per heavy atom. The minimum Gasteiger partial charge on any atom is -0.339 e. The normalized spacial score (nSPS) is 21.7. The summed E-state index contributed by atoms with van der Waals surface area (Å²) in [4.78, 5) is 45.2. The minimum absolute atomic E-state index is 0.0357. The van der Waals surface area contributed by atoms with Gasteiger partial charge in [0, 0.05) is 64.3 Å². The largest absolute Gasteiger partial charge is 0.339 e. The Labute approximate surface area is 194 Å². The zero-order valence-electron chi connectivity index (χ0n) is 18.7. The molecule has 0 unspecified atom stereocenters. The van der Waals surface area contributed by atoms with Gasteiger partial charge in [-0.3, -0.25) is 19.8 Å². The SMILES string of the molecule is CCN1CCN(CC2CCN(C(=O)c3ccc(Cl)c(N4CCC(=O)NC4=O)c3)CC2)CC1. The third kappa shape index (κ3) is 5.24. The molecule has 32 heavy (non-hydrogen) atoms. The van der Waals surface area contributed by atoms with Gasteiger partial charge in [-0.25, -0.2) is 4.79 Å². The number of amides is 4. The van der Waals surface area contributed by atoms with E-state index in [9.17, 15) is 14.4 Å². The van der Waals surface area contributed by atoms with E-state index < -0.39 is 6.03 Å². The Morgan fingerprint density at radius 2 is 1.72 bits per heavy atom. The summed E-state index contributed by atoms with van der Waals surface area (Å²) in [6, 6.07) is 4.52. The molecule has 0 atom stereocenters. The number of likely N-dealkylation sites (tertiary alicyclic amines) is 1. The highest BCUT2D eigenvalue weighted by Gasteiger charge is 2.29. The average Bonchev–Trinajstić information content (AvgIpc) is 2.80. The molecule has 3 saturated heterocycles. The molecule has 9 heteroatoms. The van der Waals surface area contributed by atoms with Crippen LogP contribution < -0.4 is 10.2 Å². The molecule has 1 aromatic rings. The molecule has 174 valence electrons. The number of nitrogens with one attached hydrogen (secondary N) is 1. The summed E-state index contributed by atoms with van der Waals surface area (Å²) < 4.78 is 0. The fourth-order valence-electron chi connectivity index (χ4n) is 4.80. The molecule has 3 heterocycles. The maximum atomic E-state index is 13.1. The predicted octanol–water partition coefficient (Wildman–Crippen LogP) is 2.28. The molecule has 4 rings (SSSR count). The van der Waals surface area contributed by atoms with Crippen molar-refractivity contribution in [3.8, 4) is 0 Å². The van der Waals surface area contributed by atoms with Crippen LogP contribution in [0.15, 0.2) is 18.2 Å². The van der Waals surface area contributed by atoms with E-state index in [0.717, 1.165) is 65.2 Å². The maximum absolute atomic E-state index is 13.1. The fourth-order valence-corrected chi connectivity index (χ4v) is 5.02. The van der Waals surface area contributed by atoms with Gasteiger partial charge in [0.2, 0.25) is 5.91 Å². The molecule has 1 N–H and O–H groups in total. The van der Waals surface area contributed by atoms with Crippen molar-refractivity contribution in [3.05, 3.63) is 28.8 Å². The Morgan fingerprint density at radius 1 is 1.03 bits per heavy atom. The van der Waals surface area contributed by atoms with Crippen LogP contribution in [0.4, 0.5) is 10.5 Å². The number of hydrogen-bond donors (Lipinski definition) is 1. The molecule has 3 aliphatic rings. The van der Waals surface area contributed by atoms with Gasteiger partial charge >= 0.3 is 6.03 Å². The highest BCUT2D eigenvalue weighted by molar-refractivity contribution is 6.34. The van der Waals surface area contributed by atoms with E-state index in [-0.39, 0.29) is 24.8 Å². The van der Waals surface area contributed by atoms with E-state index in [1.54, 1.807) is 18.2 Å². The zero-order valence-corrected chi connectivity index (χ0v) is 19.4. The molecular formula is C23H32ClN5O3. The Kier molecular flexibility index (Phi) is 7.33. The van der Waals surface area contributed by atoms with Crippen LogP contribution in [0.5, 0.6) is 0 Å². The Bertz CT molecular complexity index is 863. The average molecular weight is 462 g/mol. The fraction of sp³-hybridized carbons (Fsp3) is 0.609. The molecule has 3 fully saturated rings. The second-order valence-corrected chi connectivity index (χ2v) is 9.30. The van der Waals surface area contributed by atoms with Gasteiger partial charge in [-0.2, -0.15) is 0 Å². The van der Waals surface area contributed by atoms with Crippen LogP contribution in [-0.4, -0.2) is 91.4 Å². The summed E-state index contributed by atoms with van der Waals surface area (Å²) in [5.41, 5.74) is 0.979. The number of hydrogen-bond acceptors (Lipinski definition) is 5. The number of piperazine rings is 1. The number of carbonyl (C=O) groups excluding carboxylic acids is 3. The van der Waals surface area contributed by atoms with Crippen LogP contribution in [0.2, 0.25) is 5.02 Å².